The Morgan fingerprint density at radius 2 is 2.00 bits per heavy atom. The molecule has 0 saturated carbocycles. The van der Waals surface area contributed by atoms with E-state index in [9.17, 15) is 14.5 Å². The number of nitrogens with zero attached hydrogens (tertiary/aromatic N) is 1. The molecular weight excluding hydrogens is 175 g/mol. The molecule has 1 aromatic rings. The van der Waals surface area contributed by atoms with Gasteiger partial charge in [-0.3, -0.25) is 10.1 Å². The minimum atomic E-state index is -0.694. The zero-order valence-corrected chi connectivity index (χ0v) is 6.81. The first-order valence-electron chi connectivity index (χ1n) is 3.71. The molecule has 0 aromatic heterocycles. The highest BCUT2D eigenvalue weighted by atomic mass is 19.1. The molecular formula is C8H9FN2O2. The zero-order chi connectivity index (χ0) is 9.84. The molecule has 1 atom stereocenters. The highest BCUT2D eigenvalue weighted by Crippen LogP contribution is 2.16. The largest absolute Gasteiger partial charge is 0.322 e. The average molecular weight is 184 g/mol. The molecule has 0 fully saturated rings. The maximum atomic E-state index is 12.1. The predicted octanol–water partition coefficient (Wildman–Crippen LogP) is 1.56. The first-order chi connectivity index (χ1) is 6.15. The monoisotopic (exact) mass is 184 g/mol. The van der Waals surface area contributed by atoms with E-state index in [-0.39, 0.29) is 5.69 Å². The van der Waals surface area contributed by atoms with Gasteiger partial charge >= 0.3 is 0 Å². The van der Waals surface area contributed by atoms with Crippen LogP contribution in [0.3, 0.4) is 0 Å². The Morgan fingerprint density at radius 1 is 1.46 bits per heavy atom. The summed E-state index contributed by atoms with van der Waals surface area (Å²) >= 11 is 0. The topological polar surface area (TPSA) is 69.2 Å². The number of halogens is 1. The molecule has 1 rings (SSSR count). The minimum absolute atomic E-state index is 0.0187. The molecule has 1 aromatic carbocycles. The maximum Gasteiger partial charge on any atom is 0.269 e. The second-order valence-electron chi connectivity index (χ2n) is 2.61. The van der Waals surface area contributed by atoms with E-state index in [0.717, 1.165) is 0 Å². The van der Waals surface area contributed by atoms with Crippen LogP contribution >= 0.6 is 0 Å². The Bertz CT molecular complexity index is 300. The molecule has 0 bridgehead atoms. The molecule has 0 unspecified atom stereocenters. The van der Waals surface area contributed by atoms with Crippen molar-refractivity contribution in [3.63, 3.8) is 0 Å². The van der Waals surface area contributed by atoms with E-state index in [0.29, 0.717) is 5.56 Å². The van der Waals surface area contributed by atoms with Crippen LogP contribution in [0.25, 0.3) is 0 Å². The third kappa shape index (κ3) is 2.22. The molecule has 0 radical (unpaired) electrons. The normalized spacial score (nSPS) is 12.5. The van der Waals surface area contributed by atoms with Gasteiger partial charge in [0, 0.05) is 12.1 Å². The smallest absolute Gasteiger partial charge is 0.269 e. The lowest BCUT2D eigenvalue weighted by atomic mass is 10.1. The molecule has 0 amide bonds. The molecule has 4 nitrogen and oxygen atoms in total. The fourth-order valence-corrected chi connectivity index (χ4v) is 0.932. The predicted molar refractivity (Wildman–Crippen MR) is 46.0 cm³/mol. The lowest BCUT2D eigenvalue weighted by Gasteiger charge is -2.05. The number of nitro benzene ring substituents is 1. The van der Waals surface area contributed by atoms with Crippen molar-refractivity contribution in [1.82, 2.24) is 0 Å². The third-order valence-electron chi connectivity index (χ3n) is 1.70. The van der Waals surface area contributed by atoms with Gasteiger partial charge in [0.15, 0.2) is 0 Å². The summed E-state index contributed by atoms with van der Waals surface area (Å²) < 4.78 is 12.1. The van der Waals surface area contributed by atoms with Crippen molar-refractivity contribution in [1.29, 1.82) is 0 Å². The van der Waals surface area contributed by atoms with Crippen molar-refractivity contribution in [2.24, 2.45) is 5.73 Å². The number of alkyl halides is 1. The molecule has 2 N–H and O–H groups in total. The van der Waals surface area contributed by atoms with Crippen LogP contribution in [0.15, 0.2) is 24.3 Å². The summed E-state index contributed by atoms with van der Waals surface area (Å²) in [7, 11) is 0. The second kappa shape index (κ2) is 3.95. The molecule has 0 heterocycles. The molecule has 0 aliphatic heterocycles. The van der Waals surface area contributed by atoms with Crippen molar-refractivity contribution >= 4 is 5.69 Å². The zero-order valence-electron chi connectivity index (χ0n) is 6.81. The second-order valence-corrected chi connectivity index (χ2v) is 2.61. The number of hydrogen-bond acceptors (Lipinski definition) is 3. The number of benzene rings is 1. The van der Waals surface area contributed by atoms with Gasteiger partial charge in [0.2, 0.25) is 0 Å². The van der Waals surface area contributed by atoms with Crippen molar-refractivity contribution in [2.45, 2.75) is 6.04 Å². The van der Waals surface area contributed by atoms with Crippen molar-refractivity contribution < 1.29 is 9.31 Å². The van der Waals surface area contributed by atoms with E-state index >= 15 is 0 Å². The minimum Gasteiger partial charge on any atom is -0.322 e. The molecule has 0 aliphatic carbocycles. The molecule has 0 saturated heterocycles. The number of nitrogens with two attached hydrogens (primary N) is 1. The maximum absolute atomic E-state index is 12.1. The molecule has 13 heavy (non-hydrogen) atoms. The van der Waals surface area contributed by atoms with Crippen LogP contribution in [-0.2, 0) is 0 Å². The summed E-state index contributed by atoms with van der Waals surface area (Å²) in [6.45, 7) is -0.669. The van der Waals surface area contributed by atoms with Gasteiger partial charge in [-0.1, -0.05) is 12.1 Å². The average Bonchev–Trinajstić information content (AvgIpc) is 2.17. The van der Waals surface area contributed by atoms with Crippen LogP contribution in [0.1, 0.15) is 11.6 Å². The van der Waals surface area contributed by atoms with Gasteiger partial charge in [-0.2, -0.15) is 0 Å². The van der Waals surface area contributed by atoms with E-state index in [4.69, 9.17) is 5.73 Å². The number of non-ortho nitro benzene ring substituents is 1. The summed E-state index contributed by atoms with van der Waals surface area (Å²) in [6.07, 6.45) is 0. The fraction of sp³-hybridized carbons (Fsp3) is 0.250. The lowest BCUT2D eigenvalue weighted by Crippen LogP contribution is -2.11. The van der Waals surface area contributed by atoms with Crippen LogP contribution in [0, 0.1) is 10.1 Å². The van der Waals surface area contributed by atoms with E-state index in [2.05, 4.69) is 0 Å². The Morgan fingerprint density at radius 3 is 2.38 bits per heavy atom. The van der Waals surface area contributed by atoms with E-state index < -0.39 is 17.6 Å². The Balaban J connectivity index is 2.87. The van der Waals surface area contributed by atoms with Crippen LogP contribution in [0.2, 0.25) is 0 Å². The SMILES string of the molecule is N[C@@H](CF)c1ccc([N+](=O)[O-])cc1. The van der Waals surface area contributed by atoms with Gasteiger partial charge in [0.05, 0.1) is 11.0 Å². The first-order valence-corrected chi connectivity index (χ1v) is 3.71. The van der Waals surface area contributed by atoms with E-state index in [1.807, 2.05) is 0 Å². The van der Waals surface area contributed by atoms with Gasteiger partial charge in [-0.15, -0.1) is 0 Å². The van der Waals surface area contributed by atoms with Crippen molar-refractivity contribution in [3.05, 3.63) is 39.9 Å². The lowest BCUT2D eigenvalue weighted by molar-refractivity contribution is -0.384. The van der Waals surface area contributed by atoms with Gasteiger partial charge in [-0.05, 0) is 5.56 Å². The number of hydrogen-bond donors (Lipinski definition) is 1. The van der Waals surface area contributed by atoms with Crippen LogP contribution in [-0.4, -0.2) is 11.6 Å². The summed E-state index contributed by atoms with van der Waals surface area (Å²) in [5.74, 6) is 0. The molecule has 70 valence electrons. The van der Waals surface area contributed by atoms with Crippen LogP contribution < -0.4 is 5.73 Å². The summed E-state index contributed by atoms with van der Waals surface area (Å²) in [4.78, 5) is 9.74. The van der Waals surface area contributed by atoms with Crippen molar-refractivity contribution in [2.75, 3.05) is 6.67 Å². The third-order valence-corrected chi connectivity index (χ3v) is 1.70. The summed E-state index contributed by atoms with van der Waals surface area (Å²) in [5.41, 5.74) is 5.92. The first kappa shape index (κ1) is 9.60. The van der Waals surface area contributed by atoms with E-state index in [1.165, 1.54) is 24.3 Å². The Kier molecular flexibility index (Phi) is 2.92. The van der Waals surface area contributed by atoms with Gasteiger partial charge < -0.3 is 5.73 Å². The molecule has 0 spiro atoms. The van der Waals surface area contributed by atoms with Crippen LogP contribution in [0.4, 0.5) is 10.1 Å². The van der Waals surface area contributed by atoms with Gasteiger partial charge in [0.1, 0.15) is 6.67 Å². The highest BCUT2D eigenvalue weighted by Gasteiger charge is 2.08. The Labute approximate surface area is 74.3 Å². The standard InChI is InChI=1S/C8H9FN2O2/c9-5-8(10)6-1-3-7(4-2-6)11(12)13/h1-4,8H,5,10H2/t8-/m0/s1. The number of rotatable bonds is 3. The molecule has 0 aliphatic rings. The summed E-state index contributed by atoms with van der Waals surface area (Å²) in [6, 6.07) is 4.85. The van der Waals surface area contributed by atoms with E-state index in [1.54, 1.807) is 0 Å². The van der Waals surface area contributed by atoms with Crippen molar-refractivity contribution in [3.8, 4) is 0 Å². The van der Waals surface area contributed by atoms with Crippen LogP contribution in [0.5, 0.6) is 0 Å². The summed E-state index contributed by atoms with van der Waals surface area (Å²) in [5, 5.41) is 10.3. The highest BCUT2D eigenvalue weighted by molar-refractivity contribution is 5.34. The molecule has 5 heteroatoms. The van der Waals surface area contributed by atoms with Gasteiger partial charge in [0.25, 0.3) is 5.69 Å². The fourth-order valence-electron chi connectivity index (χ4n) is 0.932. The number of nitro groups is 1. The van der Waals surface area contributed by atoms with Gasteiger partial charge in [-0.25, -0.2) is 4.39 Å². The quantitative estimate of drug-likeness (QED) is 0.572. The Hall–Kier alpha value is -1.49.